The van der Waals surface area contributed by atoms with Crippen LogP contribution in [0.1, 0.15) is 33.1 Å². The van der Waals surface area contributed by atoms with Crippen molar-refractivity contribution >= 4 is 13.8 Å². The van der Waals surface area contributed by atoms with Gasteiger partial charge in [-0.1, -0.05) is 13.5 Å². The number of hydrogen-bond acceptors (Lipinski definition) is 3. The third kappa shape index (κ3) is 29.9. The molecule has 0 saturated heterocycles. The van der Waals surface area contributed by atoms with E-state index < -0.39 is 7.82 Å². The second-order valence-corrected chi connectivity index (χ2v) is 4.30. The van der Waals surface area contributed by atoms with Crippen molar-refractivity contribution in [3.8, 4) is 0 Å². The number of hydrogen-bond donors (Lipinski definition) is 3. The summed E-state index contributed by atoms with van der Waals surface area (Å²) in [6, 6.07) is 0. The van der Waals surface area contributed by atoms with Gasteiger partial charge in [0.05, 0.1) is 6.61 Å². The molecule has 0 amide bonds. The smallest absolute Gasteiger partial charge is 0.462 e. The molecule has 0 fully saturated rings. The molecule has 6 nitrogen and oxygen atoms in total. The predicted molar refractivity (Wildman–Crippen MR) is 63.9 cm³/mol. The van der Waals surface area contributed by atoms with E-state index in [1.165, 1.54) is 0 Å². The average Bonchev–Trinajstić information content (AvgIpc) is 2.14. The maximum Gasteiger partial charge on any atom is 1.00 e. The number of unbranched alkanes of at least 4 members (excludes halogenated alkanes) is 3. The molecule has 0 aromatic carbocycles. The van der Waals surface area contributed by atoms with Crippen LogP contribution in [0.4, 0.5) is 0 Å². The van der Waals surface area contributed by atoms with E-state index in [2.05, 4.69) is 19.9 Å². The molecule has 3 N–H and O–H groups in total. The summed E-state index contributed by atoms with van der Waals surface area (Å²) >= 11 is 0. The Morgan fingerprint density at radius 2 is 1.83 bits per heavy atom. The van der Waals surface area contributed by atoms with E-state index in [9.17, 15) is 4.79 Å². The van der Waals surface area contributed by atoms with Crippen LogP contribution in [0.25, 0.3) is 0 Å². The summed E-state index contributed by atoms with van der Waals surface area (Å²) in [5.74, 6) is -0.286. The Bertz CT molecular complexity index is 267. The van der Waals surface area contributed by atoms with Crippen molar-refractivity contribution in [3.05, 3.63) is 18.6 Å². The van der Waals surface area contributed by atoms with Crippen LogP contribution in [-0.4, -0.2) is 27.3 Å². The second-order valence-electron chi connectivity index (χ2n) is 3.27. The van der Waals surface area contributed by atoms with Crippen molar-refractivity contribution in [2.75, 3.05) is 6.61 Å². The SMILES string of the molecule is C=C(C)C(=O)OCCC[CH-]CC.O=P(O)(O)O.[Na+]. The fourth-order valence-corrected chi connectivity index (χ4v) is 0.720. The zero-order valence-electron chi connectivity index (χ0n) is 11.1. The van der Waals surface area contributed by atoms with Crippen molar-refractivity contribution < 1.29 is 58.3 Å². The standard InChI is InChI=1S/C10H17O2.Na.H3O4P/c1-4-5-6-7-8-12-10(11)9(2)3;;1-5(2,3)4/h5H,2,4,6-8H2,1,3H3;;(H3,1,2,3,4)/q-1;+1;. The molecule has 0 bridgehead atoms. The number of carbonyl (C=O) groups excluding carboxylic acids is 1. The van der Waals surface area contributed by atoms with Crippen LogP contribution in [-0.2, 0) is 14.1 Å². The van der Waals surface area contributed by atoms with E-state index in [4.69, 9.17) is 24.0 Å². The minimum Gasteiger partial charge on any atom is -0.462 e. The quantitative estimate of drug-likeness (QED) is 0.138. The van der Waals surface area contributed by atoms with Crippen LogP contribution in [0.5, 0.6) is 0 Å². The summed E-state index contributed by atoms with van der Waals surface area (Å²) in [5.41, 5.74) is 0.467. The van der Waals surface area contributed by atoms with Gasteiger partial charge in [-0.3, -0.25) is 0 Å². The molecular weight excluding hydrogens is 270 g/mol. The van der Waals surface area contributed by atoms with Crippen LogP contribution in [0.2, 0.25) is 0 Å². The van der Waals surface area contributed by atoms with Gasteiger partial charge in [-0.2, -0.15) is 12.8 Å². The molecule has 0 aromatic rings. The van der Waals surface area contributed by atoms with Gasteiger partial charge in [0.1, 0.15) is 0 Å². The van der Waals surface area contributed by atoms with E-state index in [1.54, 1.807) is 6.92 Å². The number of phosphoric acid groups is 1. The summed E-state index contributed by atoms with van der Waals surface area (Å²) in [6.45, 7) is 7.74. The first-order valence-corrected chi connectivity index (χ1v) is 6.67. The first-order valence-electron chi connectivity index (χ1n) is 5.11. The Labute approximate surface area is 130 Å². The van der Waals surface area contributed by atoms with Gasteiger partial charge in [0, 0.05) is 5.57 Å². The first kappa shape index (κ1) is 23.4. The number of carbonyl (C=O) groups is 1. The van der Waals surface area contributed by atoms with Crippen molar-refractivity contribution in [2.45, 2.75) is 33.1 Å². The molecule has 0 saturated carbocycles. The van der Waals surface area contributed by atoms with Gasteiger partial charge in [0.25, 0.3) is 0 Å². The van der Waals surface area contributed by atoms with Crippen LogP contribution in [0.3, 0.4) is 0 Å². The van der Waals surface area contributed by atoms with Crippen LogP contribution >= 0.6 is 7.82 Å². The molecule has 0 unspecified atom stereocenters. The second kappa shape index (κ2) is 13.7. The molecule has 18 heavy (non-hydrogen) atoms. The molecule has 0 aliphatic heterocycles. The zero-order chi connectivity index (χ0) is 13.9. The predicted octanol–water partition coefficient (Wildman–Crippen LogP) is -1.42. The van der Waals surface area contributed by atoms with Crippen molar-refractivity contribution in [3.63, 3.8) is 0 Å². The normalized spacial score (nSPS) is 9.61. The van der Waals surface area contributed by atoms with Gasteiger partial charge in [-0.15, -0.1) is 0 Å². The fraction of sp³-hybridized carbons (Fsp3) is 0.600. The zero-order valence-corrected chi connectivity index (χ0v) is 14.0. The van der Waals surface area contributed by atoms with E-state index in [-0.39, 0.29) is 35.5 Å². The molecule has 8 heteroatoms. The summed E-state index contributed by atoms with van der Waals surface area (Å²) in [4.78, 5) is 32.4. The van der Waals surface area contributed by atoms with E-state index >= 15 is 0 Å². The topological polar surface area (TPSA) is 104 Å². The van der Waals surface area contributed by atoms with Gasteiger partial charge in [-0.05, 0) is 13.3 Å². The molecule has 0 atom stereocenters. The number of rotatable bonds is 6. The average molecular weight is 290 g/mol. The monoisotopic (exact) mass is 290 g/mol. The molecule has 0 aliphatic rings. The Kier molecular flexibility index (Phi) is 17.9. The molecule has 0 radical (unpaired) electrons. The van der Waals surface area contributed by atoms with E-state index in [0.717, 1.165) is 19.3 Å². The summed E-state index contributed by atoms with van der Waals surface area (Å²) in [5, 5.41) is 0. The summed E-state index contributed by atoms with van der Waals surface area (Å²) in [6.07, 6.45) is 5.18. The molecule has 0 spiro atoms. The maximum absolute atomic E-state index is 10.8. The Balaban J connectivity index is -0.000000321. The van der Waals surface area contributed by atoms with Crippen LogP contribution in [0, 0.1) is 6.42 Å². The van der Waals surface area contributed by atoms with Crippen molar-refractivity contribution in [1.29, 1.82) is 0 Å². The van der Waals surface area contributed by atoms with Gasteiger partial charge >= 0.3 is 43.3 Å². The molecule has 0 rings (SSSR count). The minimum absolute atomic E-state index is 0. The molecular formula is C10H20NaO6P. The largest absolute Gasteiger partial charge is 1.00 e. The molecule has 0 aromatic heterocycles. The van der Waals surface area contributed by atoms with Crippen LogP contribution < -0.4 is 29.6 Å². The molecule has 102 valence electrons. The van der Waals surface area contributed by atoms with E-state index in [0.29, 0.717) is 12.2 Å². The number of esters is 1. The summed E-state index contributed by atoms with van der Waals surface area (Å²) in [7, 11) is -4.64. The minimum atomic E-state index is -4.64. The van der Waals surface area contributed by atoms with Gasteiger partial charge in [-0.25, -0.2) is 9.36 Å². The van der Waals surface area contributed by atoms with Crippen molar-refractivity contribution in [1.82, 2.24) is 0 Å². The molecule has 0 aliphatic carbocycles. The molecule has 0 heterocycles. The van der Waals surface area contributed by atoms with Gasteiger partial charge in [0.15, 0.2) is 0 Å². The van der Waals surface area contributed by atoms with Crippen molar-refractivity contribution in [2.24, 2.45) is 0 Å². The van der Waals surface area contributed by atoms with E-state index in [1.807, 2.05) is 0 Å². The fourth-order valence-electron chi connectivity index (χ4n) is 0.720. The number of ether oxygens (including phenoxy) is 1. The Morgan fingerprint density at radius 1 is 1.39 bits per heavy atom. The third-order valence-corrected chi connectivity index (χ3v) is 1.42. The Hall–Kier alpha value is 0.320. The first-order chi connectivity index (χ1) is 7.68. The third-order valence-electron chi connectivity index (χ3n) is 1.42. The summed E-state index contributed by atoms with van der Waals surface area (Å²) < 4.78 is 13.8. The van der Waals surface area contributed by atoms with Crippen LogP contribution in [0.15, 0.2) is 12.2 Å². The maximum atomic E-state index is 10.8. The van der Waals surface area contributed by atoms with Gasteiger partial charge in [0.2, 0.25) is 0 Å². The van der Waals surface area contributed by atoms with Gasteiger partial charge < -0.3 is 25.8 Å². The Morgan fingerprint density at radius 3 is 2.17 bits per heavy atom.